The van der Waals surface area contributed by atoms with E-state index in [-0.39, 0.29) is 36.2 Å². The molecule has 9 heteroatoms. The van der Waals surface area contributed by atoms with Crippen LogP contribution in [0.25, 0.3) is 0 Å². The number of carbonyl (C=O) groups is 1. The summed E-state index contributed by atoms with van der Waals surface area (Å²) in [4.78, 5) is 14.0. The highest BCUT2D eigenvalue weighted by atomic mass is 32.2. The smallest absolute Gasteiger partial charge is 0.241 e. The number of sulfonamides is 1. The van der Waals surface area contributed by atoms with E-state index in [0.29, 0.717) is 25.1 Å². The van der Waals surface area contributed by atoms with Crippen molar-refractivity contribution in [2.75, 3.05) is 26.3 Å². The summed E-state index contributed by atoms with van der Waals surface area (Å²) >= 11 is 0. The van der Waals surface area contributed by atoms with E-state index in [2.05, 4.69) is 11.6 Å². The second kappa shape index (κ2) is 9.51. The largest absolute Gasteiger partial charge is 0.372 e. The number of ether oxygens (including phenoxy) is 2. The number of aryl methyl sites for hydroxylation is 1. The first kappa shape index (κ1) is 22.1. The van der Waals surface area contributed by atoms with Crippen LogP contribution in [0.15, 0.2) is 23.1 Å². The first-order valence-electron chi connectivity index (χ1n) is 10.1. The summed E-state index contributed by atoms with van der Waals surface area (Å²) in [5, 5.41) is 0. The number of nitrogens with zero attached hydrogens (tertiary/aromatic N) is 1. The number of nitrogens with one attached hydrogen (secondary N) is 1. The molecule has 3 rings (SSSR count). The van der Waals surface area contributed by atoms with Crippen molar-refractivity contribution < 1.29 is 27.1 Å². The van der Waals surface area contributed by atoms with Crippen molar-refractivity contribution in [2.45, 2.75) is 62.7 Å². The van der Waals surface area contributed by atoms with Gasteiger partial charge >= 0.3 is 0 Å². The normalized spacial score (nSPS) is 23.1. The lowest BCUT2D eigenvalue weighted by Gasteiger charge is -2.20. The molecule has 1 N–H and O–H groups in total. The first-order chi connectivity index (χ1) is 13.8. The maximum Gasteiger partial charge on any atom is 0.241 e. The lowest BCUT2D eigenvalue weighted by atomic mass is 10.2. The molecular formula is C20H29FN2O5S. The van der Waals surface area contributed by atoms with Crippen molar-refractivity contribution in [2.24, 2.45) is 0 Å². The average Bonchev–Trinajstić information content (AvgIpc) is 3.00. The van der Waals surface area contributed by atoms with Crippen LogP contribution in [0.4, 0.5) is 4.39 Å². The summed E-state index contributed by atoms with van der Waals surface area (Å²) in [6.45, 7) is 4.89. The predicted octanol–water partition coefficient (Wildman–Crippen LogP) is 1.99. The lowest BCUT2D eigenvalue weighted by Crippen LogP contribution is -2.41. The van der Waals surface area contributed by atoms with Crippen LogP contribution in [0.2, 0.25) is 0 Å². The lowest BCUT2D eigenvalue weighted by molar-refractivity contribution is -0.131. The van der Waals surface area contributed by atoms with Gasteiger partial charge in [-0.25, -0.2) is 17.5 Å². The van der Waals surface area contributed by atoms with Gasteiger partial charge in [-0.2, -0.15) is 0 Å². The van der Waals surface area contributed by atoms with Crippen LogP contribution < -0.4 is 4.72 Å². The molecule has 0 unspecified atom stereocenters. The molecule has 1 aromatic carbocycles. The zero-order valence-electron chi connectivity index (χ0n) is 16.9. The molecule has 0 spiro atoms. The Morgan fingerprint density at radius 1 is 1.21 bits per heavy atom. The summed E-state index contributed by atoms with van der Waals surface area (Å²) < 4.78 is 53.1. The van der Waals surface area contributed by atoms with Gasteiger partial charge in [0, 0.05) is 19.5 Å². The minimum absolute atomic E-state index is 0.0919. The summed E-state index contributed by atoms with van der Waals surface area (Å²) in [7, 11) is -3.90. The third-order valence-corrected chi connectivity index (χ3v) is 7.01. The fourth-order valence-electron chi connectivity index (χ4n) is 3.69. The van der Waals surface area contributed by atoms with Crippen LogP contribution in [0.5, 0.6) is 0 Å². The Balaban J connectivity index is 1.56. The summed E-state index contributed by atoms with van der Waals surface area (Å²) in [6, 6.07) is 3.08. The number of benzene rings is 1. The molecule has 2 atom stereocenters. The molecule has 0 bridgehead atoms. The molecule has 2 fully saturated rings. The molecule has 0 radical (unpaired) electrons. The van der Waals surface area contributed by atoms with Crippen LogP contribution >= 0.6 is 0 Å². The quantitative estimate of drug-likeness (QED) is 0.672. The molecular weight excluding hydrogens is 399 g/mol. The van der Waals surface area contributed by atoms with E-state index in [9.17, 15) is 17.6 Å². The van der Waals surface area contributed by atoms with Crippen molar-refractivity contribution in [3.63, 3.8) is 0 Å². The zero-order chi connectivity index (χ0) is 21.0. The topological polar surface area (TPSA) is 84.9 Å². The molecule has 0 aromatic heterocycles. The number of fused-ring (bicyclic) bond motifs is 1. The van der Waals surface area contributed by atoms with Gasteiger partial charge in [0.25, 0.3) is 0 Å². The van der Waals surface area contributed by atoms with Gasteiger partial charge in [0.1, 0.15) is 18.0 Å². The molecule has 29 heavy (non-hydrogen) atoms. The number of hydrogen-bond donors (Lipinski definition) is 1. The summed E-state index contributed by atoms with van der Waals surface area (Å²) in [5.74, 6) is -0.500. The molecule has 0 saturated carbocycles. The highest BCUT2D eigenvalue weighted by Gasteiger charge is 2.39. The molecule has 2 heterocycles. The molecule has 1 amide bonds. The molecule has 0 aliphatic carbocycles. The van der Waals surface area contributed by atoms with E-state index in [1.807, 2.05) is 0 Å². The summed E-state index contributed by atoms with van der Waals surface area (Å²) in [5.41, 5.74) is 0.462. The highest BCUT2D eigenvalue weighted by molar-refractivity contribution is 7.89. The highest BCUT2D eigenvalue weighted by Crippen LogP contribution is 2.23. The molecule has 2 saturated heterocycles. The number of rotatable bonds is 7. The number of carbonyl (C=O) groups excluding carboxylic acids is 1. The minimum Gasteiger partial charge on any atom is -0.372 e. The molecule has 2 aliphatic rings. The standard InChI is InChI=1S/C20H29FN2O5S/c1-3-4-5-6-20(24)23-10-17-18(11-23)28-13-16(12-27-17)22-29(25,26)19-9-15(21)8-7-14(19)2/h7-9,16-18,22H,3-6,10-13H2,1-2H3/t17-,18-/m0/s1. The van der Waals surface area contributed by atoms with E-state index in [1.165, 1.54) is 12.1 Å². The fourth-order valence-corrected chi connectivity index (χ4v) is 5.16. The monoisotopic (exact) mass is 428 g/mol. The Morgan fingerprint density at radius 3 is 2.48 bits per heavy atom. The van der Waals surface area contributed by atoms with Crippen molar-refractivity contribution in [1.29, 1.82) is 0 Å². The Morgan fingerprint density at radius 2 is 1.86 bits per heavy atom. The Kier molecular flexibility index (Phi) is 7.26. The first-order valence-corrected chi connectivity index (χ1v) is 11.6. The average molecular weight is 429 g/mol. The Hall–Kier alpha value is -1.55. The molecule has 1 aromatic rings. The molecule has 2 aliphatic heterocycles. The van der Waals surface area contributed by atoms with Crippen molar-refractivity contribution in [3.8, 4) is 0 Å². The van der Waals surface area contributed by atoms with E-state index in [1.54, 1.807) is 11.8 Å². The second-order valence-electron chi connectivity index (χ2n) is 7.73. The van der Waals surface area contributed by atoms with Gasteiger partial charge in [0.05, 0.1) is 24.2 Å². The SMILES string of the molecule is CCCCCC(=O)N1C[C@@H]2OCC(NS(=O)(=O)c3cc(F)ccc3C)CO[C@H]2C1. The number of hydrogen-bond acceptors (Lipinski definition) is 5. The third kappa shape index (κ3) is 5.53. The maximum absolute atomic E-state index is 13.5. The van der Waals surface area contributed by atoms with Gasteiger partial charge < -0.3 is 14.4 Å². The predicted molar refractivity (Wildman–Crippen MR) is 105 cm³/mol. The van der Waals surface area contributed by atoms with Gasteiger partial charge in [-0.05, 0) is 31.0 Å². The van der Waals surface area contributed by atoms with Gasteiger partial charge in [0.15, 0.2) is 0 Å². The van der Waals surface area contributed by atoms with Crippen LogP contribution in [0.3, 0.4) is 0 Å². The number of amides is 1. The van der Waals surface area contributed by atoms with E-state index in [4.69, 9.17) is 9.47 Å². The van der Waals surface area contributed by atoms with Gasteiger partial charge in [-0.3, -0.25) is 4.79 Å². The van der Waals surface area contributed by atoms with Crippen molar-refractivity contribution >= 4 is 15.9 Å². The van der Waals surface area contributed by atoms with E-state index >= 15 is 0 Å². The van der Waals surface area contributed by atoms with Gasteiger partial charge in [-0.15, -0.1) is 0 Å². The third-order valence-electron chi connectivity index (χ3n) is 5.35. The molecule has 162 valence electrons. The fraction of sp³-hybridized carbons (Fsp3) is 0.650. The Labute approximate surface area is 171 Å². The number of halogens is 1. The summed E-state index contributed by atoms with van der Waals surface area (Å²) in [6.07, 6.45) is 2.98. The van der Waals surface area contributed by atoms with E-state index in [0.717, 1.165) is 25.3 Å². The van der Waals surface area contributed by atoms with Gasteiger partial charge in [-0.1, -0.05) is 25.8 Å². The number of unbranched alkanes of at least 4 members (excludes halogenated alkanes) is 2. The maximum atomic E-state index is 13.5. The van der Waals surface area contributed by atoms with Gasteiger partial charge in [0.2, 0.25) is 15.9 Å². The van der Waals surface area contributed by atoms with Crippen LogP contribution in [-0.2, 0) is 24.3 Å². The molecule has 7 nitrogen and oxygen atoms in total. The number of likely N-dealkylation sites (tertiary alicyclic amines) is 1. The Bertz CT molecular complexity index is 816. The minimum atomic E-state index is -3.90. The van der Waals surface area contributed by atoms with Crippen LogP contribution in [-0.4, -0.2) is 63.8 Å². The van der Waals surface area contributed by atoms with Crippen molar-refractivity contribution in [3.05, 3.63) is 29.6 Å². The van der Waals surface area contributed by atoms with Crippen LogP contribution in [0, 0.1) is 12.7 Å². The van der Waals surface area contributed by atoms with E-state index < -0.39 is 21.9 Å². The van der Waals surface area contributed by atoms with Crippen molar-refractivity contribution in [1.82, 2.24) is 9.62 Å². The second-order valence-corrected chi connectivity index (χ2v) is 9.41. The zero-order valence-corrected chi connectivity index (χ0v) is 17.7. The van der Waals surface area contributed by atoms with Crippen LogP contribution in [0.1, 0.15) is 38.2 Å².